The molecule has 1 saturated heterocycles. The maximum absolute atomic E-state index is 12.4. The first-order chi connectivity index (χ1) is 12.1. The molecule has 0 unspecified atom stereocenters. The van der Waals surface area contributed by atoms with Crippen molar-refractivity contribution in [1.82, 2.24) is 10.2 Å². The van der Waals surface area contributed by atoms with E-state index < -0.39 is 0 Å². The first-order valence-electron chi connectivity index (χ1n) is 7.94. The molecule has 7 nitrogen and oxygen atoms in total. The van der Waals surface area contributed by atoms with Gasteiger partial charge < -0.3 is 19.7 Å². The number of rotatable bonds is 5. The summed E-state index contributed by atoms with van der Waals surface area (Å²) >= 11 is 6.07. The van der Waals surface area contributed by atoms with Crippen LogP contribution in [0.25, 0.3) is 0 Å². The summed E-state index contributed by atoms with van der Waals surface area (Å²) in [6.07, 6.45) is 2.31. The zero-order valence-corrected chi connectivity index (χ0v) is 14.8. The number of halogens is 1. The second kappa shape index (κ2) is 7.57. The summed E-state index contributed by atoms with van der Waals surface area (Å²) in [4.78, 5) is 14.6. The maximum Gasteiger partial charge on any atom is 0.276 e. The van der Waals surface area contributed by atoms with E-state index in [0.717, 1.165) is 31.7 Å². The lowest BCUT2D eigenvalue weighted by Gasteiger charge is -2.15. The van der Waals surface area contributed by atoms with Crippen molar-refractivity contribution < 1.29 is 14.3 Å². The van der Waals surface area contributed by atoms with E-state index in [-0.39, 0.29) is 11.6 Å². The van der Waals surface area contributed by atoms with Gasteiger partial charge in [0.25, 0.3) is 5.91 Å². The van der Waals surface area contributed by atoms with Gasteiger partial charge in [-0.15, -0.1) is 10.2 Å². The van der Waals surface area contributed by atoms with Gasteiger partial charge in [-0.25, -0.2) is 0 Å². The lowest BCUT2D eigenvalue weighted by Crippen LogP contribution is -2.21. The standard InChI is InChI=1S/C17H19ClN4O3/c1-24-14-10-13(15(25-2)9-11(14)18)19-17(23)12-5-6-16(21-20-12)22-7-3-4-8-22/h5-6,9-10H,3-4,7-8H2,1-2H3,(H,19,23). The van der Waals surface area contributed by atoms with Crippen molar-refractivity contribution in [2.24, 2.45) is 0 Å². The average molecular weight is 363 g/mol. The number of hydrogen-bond donors (Lipinski definition) is 1. The fourth-order valence-corrected chi connectivity index (χ4v) is 2.94. The summed E-state index contributed by atoms with van der Waals surface area (Å²) < 4.78 is 10.4. The number of nitrogens with zero attached hydrogens (tertiary/aromatic N) is 3. The van der Waals surface area contributed by atoms with Crippen LogP contribution in [0.5, 0.6) is 11.5 Å². The fraction of sp³-hybridized carbons (Fsp3) is 0.353. The van der Waals surface area contributed by atoms with E-state index in [1.54, 1.807) is 18.2 Å². The van der Waals surface area contributed by atoms with E-state index in [0.29, 0.717) is 22.2 Å². The Morgan fingerprint density at radius 3 is 2.44 bits per heavy atom. The van der Waals surface area contributed by atoms with Gasteiger partial charge >= 0.3 is 0 Å². The van der Waals surface area contributed by atoms with Crippen molar-refractivity contribution in [2.45, 2.75) is 12.8 Å². The highest BCUT2D eigenvalue weighted by atomic mass is 35.5. The number of amides is 1. The molecule has 0 bridgehead atoms. The molecule has 0 atom stereocenters. The molecule has 0 spiro atoms. The Morgan fingerprint density at radius 1 is 1.12 bits per heavy atom. The van der Waals surface area contributed by atoms with Gasteiger partial charge in [-0.2, -0.15) is 0 Å². The number of anilines is 2. The van der Waals surface area contributed by atoms with Crippen LogP contribution in [-0.2, 0) is 0 Å². The van der Waals surface area contributed by atoms with Crippen molar-refractivity contribution in [1.29, 1.82) is 0 Å². The highest BCUT2D eigenvalue weighted by molar-refractivity contribution is 6.32. The molecular formula is C17H19ClN4O3. The highest BCUT2D eigenvalue weighted by Gasteiger charge is 2.17. The van der Waals surface area contributed by atoms with Crippen LogP contribution >= 0.6 is 11.6 Å². The van der Waals surface area contributed by atoms with Gasteiger partial charge in [0.15, 0.2) is 11.5 Å². The third kappa shape index (κ3) is 3.76. The zero-order valence-electron chi connectivity index (χ0n) is 14.1. The summed E-state index contributed by atoms with van der Waals surface area (Å²) in [5, 5.41) is 11.3. The number of carbonyl (C=O) groups excluding carboxylic acids is 1. The molecule has 1 aromatic carbocycles. The first-order valence-corrected chi connectivity index (χ1v) is 8.31. The fourth-order valence-electron chi connectivity index (χ4n) is 2.71. The van der Waals surface area contributed by atoms with Gasteiger partial charge in [0.05, 0.1) is 24.9 Å². The van der Waals surface area contributed by atoms with E-state index >= 15 is 0 Å². The van der Waals surface area contributed by atoms with Crippen LogP contribution in [0.3, 0.4) is 0 Å². The van der Waals surface area contributed by atoms with Crippen LogP contribution in [0.4, 0.5) is 11.5 Å². The first kappa shape index (κ1) is 17.3. The van der Waals surface area contributed by atoms with E-state index in [9.17, 15) is 4.79 Å². The largest absolute Gasteiger partial charge is 0.495 e. The molecule has 1 aromatic heterocycles. The Labute approximate surface area is 150 Å². The molecule has 132 valence electrons. The Hall–Kier alpha value is -2.54. The molecular weight excluding hydrogens is 344 g/mol. The van der Waals surface area contributed by atoms with Gasteiger partial charge in [0, 0.05) is 25.2 Å². The topological polar surface area (TPSA) is 76.6 Å². The second-order valence-corrected chi connectivity index (χ2v) is 6.02. The van der Waals surface area contributed by atoms with Crippen LogP contribution in [0.15, 0.2) is 24.3 Å². The Bertz CT molecular complexity index is 761. The number of hydrogen-bond acceptors (Lipinski definition) is 6. The number of carbonyl (C=O) groups is 1. The minimum absolute atomic E-state index is 0.221. The molecule has 1 fully saturated rings. The molecule has 1 aliphatic heterocycles. The lowest BCUT2D eigenvalue weighted by atomic mass is 10.2. The predicted octanol–water partition coefficient (Wildman–Crippen LogP) is 3.00. The normalized spacial score (nSPS) is 13.6. The van der Waals surface area contributed by atoms with Crippen LogP contribution < -0.4 is 19.7 Å². The number of methoxy groups -OCH3 is 2. The highest BCUT2D eigenvalue weighted by Crippen LogP contribution is 2.36. The lowest BCUT2D eigenvalue weighted by molar-refractivity contribution is 0.102. The Morgan fingerprint density at radius 2 is 1.84 bits per heavy atom. The molecule has 1 aliphatic rings. The summed E-state index contributed by atoms with van der Waals surface area (Å²) in [7, 11) is 3.00. The van der Waals surface area contributed by atoms with Crippen molar-refractivity contribution in [3.8, 4) is 11.5 Å². The Kier molecular flexibility index (Phi) is 5.23. The molecule has 2 aromatic rings. The minimum atomic E-state index is -0.386. The molecule has 0 saturated carbocycles. The summed E-state index contributed by atoms with van der Waals surface area (Å²) in [5.41, 5.74) is 0.665. The van der Waals surface area contributed by atoms with Crippen molar-refractivity contribution in [2.75, 3.05) is 37.5 Å². The number of nitrogens with one attached hydrogen (secondary N) is 1. The van der Waals surface area contributed by atoms with E-state index in [1.165, 1.54) is 14.2 Å². The average Bonchev–Trinajstić information content (AvgIpc) is 3.17. The third-order valence-electron chi connectivity index (χ3n) is 4.04. The van der Waals surface area contributed by atoms with Crippen LogP contribution in [0, 0.1) is 0 Å². The smallest absolute Gasteiger partial charge is 0.276 e. The van der Waals surface area contributed by atoms with Crippen molar-refractivity contribution in [3.63, 3.8) is 0 Å². The van der Waals surface area contributed by atoms with Gasteiger partial charge in [0.1, 0.15) is 11.5 Å². The summed E-state index contributed by atoms with van der Waals surface area (Å²) in [6, 6.07) is 6.66. The number of benzene rings is 1. The van der Waals surface area contributed by atoms with Crippen LogP contribution in [0.1, 0.15) is 23.3 Å². The SMILES string of the molecule is COc1cc(NC(=O)c2ccc(N3CCCC3)nn2)c(OC)cc1Cl. The second-order valence-electron chi connectivity index (χ2n) is 5.61. The summed E-state index contributed by atoms with van der Waals surface area (Å²) in [6.45, 7) is 1.95. The van der Waals surface area contributed by atoms with Crippen molar-refractivity contribution >= 4 is 29.0 Å². The van der Waals surface area contributed by atoms with Gasteiger partial charge in [-0.05, 0) is 25.0 Å². The molecule has 8 heteroatoms. The molecule has 0 aliphatic carbocycles. The van der Waals surface area contributed by atoms with E-state index in [1.807, 2.05) is 6.07 Å². The molecule has 0 radical (unpaired) electrons. The number of aromatic nitrogens is 2. The zero-order chi connectivity index (χ0) is 17.8. The van der Waals surface area contributed by atoms with Gasteiger partial charge in [-0.1, -0.05) is 11.6 Å². The summed E-state index contributed by atoms with van der Waals surface area (Å²) in [5.74, 6) is 1.27. The third-order valence-corrected chi connectivity index (χ3v) is 4.33. The van der Waals surface area contributed by atoms with E-state index in [2.05, 4.69) is 20.4 Å². The minimum Gasteiger partial charge on any atom is -0.495 e. The van der Waals surface area contributed by atoms with Gasteiger partial charge in [-0.3, -0.25) is 4.79 Å². The quantitative estimate of drug-likeness (QED) is 0.881. The predicted molar refractivity (Wildman–Crippen MR) is 96.0 cm³/mol. The molecule has 2 heterocycles. The van der Waals surface area contributed by atoms with Crippen molar-refractivity contribution in [3.05, 3.63) is 35.0 Å². The molecule has 1 amide bonds. The van der Waals surface area contributed by atoms with Crippen LogP contribution in [-0.4, -0.2) is 43.4 Å². The molecule has 1 N–H and O–H groups in total. The number of ether oxygens (including phenoxy) is 2. The van der Waals surface area contributed by atoms with E-state index in [4.69, 9.17) is 21.1 Å². The monoisotopic (exact) mass is 362 g/mol. The van der Waals surface area contributed by atoms with Gasteiger partial charge in [0.2, 0.25) is 0 Å². The molecule has 3 rings (SSSR count). The maximum atomic E-state index is 12.4. The molecule has 25 heavy (non-hydrogen) atoms. The Balaban J connectivity index is 1.77. The van der Waals surface area contributed by atoms with Crippen LogP contribution in [0.2, 0.25) is 5.02 Å².